The van der Waals surface area contributed by atoms with Crippen LogP contribution in [0.2, 0.25) is 5.02 Å². The smallest absolute Gasteiger partial charge is 0.225 e. The van der Waals surface area contributed by atoms with Crippen LogP contribution in [0, 0.1) is 17.6 Å². The van der Waals surface area contributed by atoms with E-state index in [9.17, 15) is 8.78 Å². The van der Waals surface area contributed by atoms with Gasteiger partial charge in [0, 0.05) is 13.1 Å². The highest BCUT2D eigenvalue weighted by molar-refractivity contribution is 6.33. The quantitative estimate of drug-likeness (QED) is 0.444. The first-order valence-electron chi connectivity index (χ1n) is 10.4. The van der Waals surface area contributed by atoms with Gasteiger partial charge in [-0.05, 0) is 55.3 Å². The van der Waals surface area contributed by atoms with E-state index in [1.165, 1.54) is 18.2 Å². The van der Waals surface area contributed by atoms with Gasteiger partial charge in [-0.2, -0.15) is 4.98 Å². The zero-order valence-electron chi connectivity index (χ0n) is 17.2. The van der Waals surface area contributed by atoms with Gasteiger partial charge in [-0.15, -0.1) is 0 Å². The Hall–Kier alpha value is -3.10. The van der Waals surface area contributed by atoms with Gasteiger partial charge in [0.15, 0.2) is 5.65 Å². The van der Waals surface area contributed by atoms with Gasteiger partial charge >= 0.3 is 0 Å². The molecule has 32 heavy (non-hydrogen) atoms. The molecule has 164 valence electrons. The molecule has 0 radical (unpaired) electrons. The Morgan fingerprint density at radius 3 is 2.81 bits per heavy atom. The third-order valence-electron chi connectivity index (χ3n) is 5.62. The molecule has 1 atom stereocenters. The summed E-state index contributed by atoms with van der Waals surface area (Å²) in [6.45, 7) is 2.82. The van der Waals surface area contributed by atoms with Crippen molar-refractivity contribution in [1.29, 1.82) is 0 Å². The zero-order chi connectivity index (χ0) is 22.1. The van der Waals surface area contributed by atoms with Crippen LogP contribution in [-0.2, 0) is 13.1 Å². The second-order valence-electron chi connectivity index (χ2n) is 7.89. The fraction of sp³-hybridized carbons (Fsp3) is 0.261. The summed E-state index contributed by atoms with van der Waals surface area (Å²) in [7, 11) is 0. The van der Waals surface area contributed by atoms with E-state index < -0.39 is 5.82 Å². The molecule has 4 aromatic rings. The first-order valence-corrected chi connectivity index (χ1v) is 10.8. The summed E-state index contributed by atoms with van der Waals surface area (Å²) in [5.74, 6) is 0.465. The van der Waals surface area contributed by atoms with Crippen LogP contribution in [0.15, 0.2) is 48.7 Å². The van der Waals surface area contributed by atoms with Crippen molar-refractivity contribution >= 4 is 28.7 Å². The Morgan fingerprint density at radius 1 is 1.16 bits per heavy atom. The molecule has 1 aliphatic heterocycles. The fourth-order valence-corrected chi connectivity index (χ4v) is 4.28. The van der Waals surface area contributed by atoms with Crippen LogP contribution in [0.3, 0.4) is 0 Å². The summed E-state index contributed by atoms with van der Waals surface area (Å²) in [6, 6.07) is 10.9. The third-order valence-corrected chi connectivity index (χ3v) is 5.93. The number of hydrogen-bond acceptors (Lipinski definition) is 5. The molecule has 5 rings (SSSR count). The Bertz CT molecular complexity index is 1250. The van der Waals surface area contributed by atoms with Crippen LogP contribution in [0.5, 0.6) is 0 Å². The first kappa shape index (κ1) is 20.8. The average molecular weight is 455 g/mol. The number of benzene rings is 2. The number of halogens is 3. The molecular weight excluding hydrogens is 434 g/mol. The van der Waals surface area contributed by atoms with Gasteiger partial charge in [-0.3, -0.25) is 0 Å². The molecule has 0 aliphatic carbocycles. The minimum Gasteiger partial charge on any atom is -0.350 e. The Kier molecular flexibility index (Phi) is 5.71. The number of nitrogens with one attached hydrogen (secondary N) is 2. The lowest BCUT2D eigenvalue weighted by atomic mass is 10.1. The van der Waals surface area contributed by atoms with Crippen molar-refractivity contribution in [1.82, 2.24) is 24.8 Å². The van der Waals surface area contributed by atoms with Crippen molar-refractivity contribution in [3.05, 3.63) is 70.9 Å². The van der Waals surface area contributed by atoms with Crippen molar-refractivity contribution in [3.63, 3.8) is 0 Å². The normalized spacial score (nSPS) is 16.0. The minimum atomic E-state index is -0.434. The van der Waals surface area contributed by atoms with Crippen LogP contribution in [0.1, 0.15) is 12.0 Å². The molecule has 0 unspecified atom stereocenters. The van der Waals surface area contributed by atoms with E-state index in [0.29, 0.717) is 47.0 Å². The average Bonchev–Trinajstić information content (AvgIpc) is 3.41. The van der Waals surface area contributed by atoms with E-state index in [1.807, 2.05) is 10.6 Å². The third kappa shape index (κ3) is 4.16. The summed E-state index contributed by atoms with van der Waals surface area (Å²) in [4.78, 5) is 13.6. The van der Waals surface area contributed by atoms with Crippen LogP contribution >= 0.6 is 11.6 Å². The molecule has 0 saturated carbocycles. The lowest BCUT2D eigenvalue weighted by Crippen LogP contribution is -2.16. The molecule has 0 spiro atoms. The van der Waals surface area contributed by atoms with E-state index in [4.69, 9.17) is 11.6 Å². The highest BCUT2D eigenvalue weighted by atomic mass is 35.5. The second kappa shape index (κ2) is 8.80. The van der Waals surface area contributed by atoms with Crippen molar-refractivity contribution in [3.8, 4) is 11.4 Å². The maximum Gasteiger partial charge on any atom is 0.225 e. The topological polar surface area (TPSA) is 67.7 Å². The molecule has 0 bridgehead atoms. The zero-order valence-corrected chi connectivity index (χ0v) is 17.9. The van der Waals surface area contributed by atoms with Crippen LogP contribution in [0.4, 0.5) is 14.7 Å². The van der Waals surface area contributed by atoms with Gasteiger partial charge in [-0.1, -0.05) is 29.8 Å². The molecule has 1 saturated heterocycles. The number of rotatable bonds is 6. The summed E-state index contributed by atoms with van der Waals surface area (Å²) in [5, 5.41) is 6.79. The Balaban J connectivity index is 1.54. The molecule has 2 aromatic heterocycles. The van der Waals surface area contributed by atoms with Gasteiger partial charge in [0.2, 0.25) is 5.95 Å². The second-order valence-corrected chi connectivity index (χ2v) is 8.29. The van der Waals surface area contributed by atoms with Crippen molar-refractivity contribution in [2.75, 3.05) is 18.4 Å². The van der Waals surface area contributed by atoms with Crippen molar-refractivity contribution < 1.29 is 8.78 Å². The number of nitrogens with zero attached hydrogens (tertiary/aromatic N) is 4. The van der Waals surface area contributed by atoms with E-state index in [0.717, 1.165) is 25.1 Å². The minimum absolute atomic E-state index is 0.257. The SMILES string of the molecule is Fc1cccc(CNc2ncc3nc(-c4c(F)cccc4Cl)n(C[C@H]4CCNC4)c3n2)c1. The molecule has 1 fully saturated rings. The Labute approximate surface area is 188 Å². The fourth-order valence-electron chi connectivity index (χ4n) is 4.04. The predicted octanol–water partition coefficient (Wildman–Crippen LogP) is 4.65. The highest BCUT2D eigenvalue weighted by Crippen LogP contribution is 2.33. The van der Waals surface area contributed by atoms with Crippen molar-refractivity contribution in [2.24, 2.45) is 5.92 Å². The van der Waals surface area contributed by atoms with E-state index in [2.05, 4.69) is 25.6 Å². The molecule has 3 heterocycles. The van der Waals surface area contributed by atoms with E-state index in [-0.39, 0.29) is 11.4 Å². The lowest BCUT2D eigenvalue weighted by Gasteiger charge is -2.14. The van der Waals surface area contributed by atoms with Gasteiger partial charge in [-0.25, -0.2) is 18.7 Å². The highest BCUT2D eigenvalue weighted by Gasteiger charge is 2.24. The number of fused-ring (bicyclic) bond motifs is 1. The molecule has 2 N–H and O–H groups in total. The van der Waals surface area contributed by atoms with Crippen LogP contribution < -0.4 is 10.6 Å². The van der Waals surface area contributed by atoms with Crippen LogP contribution in [0.25, 0.3) is 22.6 Å². The number of hydrogen-bond donors (Lipinski definition) is 2. The van der Waals surface area contributed by atoms with Crippen molar-refractivity contribution in [2.45, 2.75) is 19.5 Å². The monoisotopic (exact) mass is 454 g/mol. The number of aromatic nitrogens is 4. The molecular formula is C23H21ClF2N6. The molecule has 9 heteroatoms. The maximum atomic E-state index is 14.7. The first-order chi connectivity index (χ1) is 15.6. The number of anilines is 1. The van der Waals surface area contributed by atoms with Gasteiger partial charge in [0.05, 0.1) is 16.8 Å². The summed E-state index contributed by atoms with van der Waals surface area (Å²) < 4.78 is 30.1. The van der Waals surface area contributed by atoms with Gasteiger partial charge < -0.3 is 15.2 Å². The number of imidazole rings is 1. The molecule has 2 aromatic carbocycles. The maximum absolute atomic E-state index is 14.7. The molecule has 6 nitrogen and oxygen atoms in total. The lowest BCUT2D eigenvalue weighted by molar-refractivity contribution is 0.489. The standard InChI is InChI=1S/C23H21ClF2N6/c24-17-5-2-6-18(26)20(17)22-30-19-12-29-23(28-11-14-3-1-4-16(25)9-14)31-21(19)32(22)13-15-7-8-27-10-15/h1-6,9,12,15,27H,7-8,10-11,13H2,(H,28,29,31)/t15-/m0/s1. The van der Waals surface area contributed by atoms with Gasteiger partial charge in [0.25, 0.3) is 0 Å². The summed E-state index contributed by atoms with van der Waals surface area (Å²) in [5.41, 5.74) is 2.19. The van der Waals surface area contributed by atoms with Gasteiger partial charge in [0.1, 0.15) is 23.0 Å². The summed E-state index contributed by atoms with van der Waals surface area (Å²) >= 11 is 6.36. The van der Waals surface area contributed by atoms with Crippen LogP contribution in [-0.4, -0.2) is 32.6 Å². The Morgan fingerprint density at radius 2 is 2.03 bits per heavy atom. The largest absolute Gasteiger partial charge is 0.350 e. The predicted molar refractivity (Wildman–Crippen MR) is 120 cm³/mol. The van der Waals surface area contributed by atoms with E-state index in [1.54, 1.807) is 24.4 Å². The summed E-state index contributed by atoms with van der Waals surface area (Å²) in [6.07, 6.45) is 2.62. The molecule has 1 aliphatic rings. The van der Waals surface area contributed by atoms with E-state index >= 15 is 0 Å². The molecule has 0 amide bonds.